The van der Waals surface area contributed by atoms with E-state index in [1.165, 1.54) is 28.9 Å². The van der Waals surface area contributed by atoms with Crippen LogP contribution in [0.25, 0.3) is 0 Å². The standard InChI is InChI=1S/C24H20F7N3O2/c25-16-10-17(26)21(28)22(20(16)27)36-12-13-2-4-15(5-3-13)23(35)32-8-1-9-34-18(14-6-7-14)11-19(33-34)24(29,30)31/h2-5,10-11,14H,1,6-9,12H2,(H,32,35). The fourth-order valence-electron chi connectivity index (χ4n) is 3.58. The first-order valence-electron chi connectivity index (χ1n) is 11.0. The highest BCUT2D eigenvalue weighted by molar-refractivity contribution is 5.94. The van der Waals surface area contributed by atoms with Crippen molar-refractivity contribution in [3.05, 3.63) is 82.2 Å². The molecule has 192 valence electrons. The van der Waals surface area contributed by atoms with E-state index in [0.29, 0.717) is 17.7 Å². The number of ether oxygens (including phenoxy) is 1. The van der Waals surface area contributed by atoms with Gasteiger partial charge in [0.1, 0.15) is 6.61 Å². The maximum atomic E-state index is 13.7. The van der Waals surface area contributed by atoms with Gasteiger partial charge in [-0.05, 0) is 43.0 Å². The van der Waals surface area contributed by atoms with E-state index in [2.05, 4.69) is 10.4 Å². The number of nitrogens with one attached hydrogen (secondary N) is 1. The van der Waals surface area contributed by atoms with Crippen molar-refractivity contribution >= 4 is 5.91 Å². The Bertz CT molecular complexity index is 1230. The van der Waals surface area contributed by atoms with Crippen molar-refractivity contribution in [2.75, 3.05) is 6.54 Å². The lowest BCUT2D eigenvalue weighted by Gasteiger charge is -2.10. The molecule has 3 aromatic rings. The third-order valence-corrected chi connectivity index (χ3v) is 5.60. The Labute approximate surface area is 200 Å². The zero-order valence-electron chi connectivity index (χ0n) is 18.6. The number of amides is 1. The molecule has 1 saturated carbocycles. The minimum atomic E-state index is -4.52. The van der Waals surface area contributed by atoms with Crippen molar-refractivity contribution in [2.24, 2.45) is 0 Å². The van der Waals surface area contributed by atoms with Gasteiger partial charge in [0.2, 0.25) is 11.6 Å². The topological polar surface area (TPSA) is 56.2 Å². The molecule has 1 aromatic heterocycles. The predicted molar refractivity (Wildman–Crippen MR) is 113 cm³/mol. The SMILES string of the molecule is O=C(NCCCn1nc(C(F)(F)F)cc1C1CC1)c1ccc(COc2c(F)c(F)cc(F)c2F)cc1. The number of aryl methyl sites for hydroxylation is 1. The minimum absolute atomic E-state index is 0.0752. The molecule has 1 N–H and O–H groups in total. The molecule has 36 heavy (non-hydrogen) atoms. The van der Waals surface area contributed by atoms with Gasteiger partial charge in [-0.2, -0.15) is 27.1 Å². The van der Waals surface area contributed by atoms with Crippen LogP contribution in [0.5, 0.6) is 5.75 Å². The molecule has 1 amide bonds. The predicted octanol–water partition coefficient (Wildman–Crippen LogP) is 5.73. The van der Waals surface area contributed by atoms with E-state index >= 15 is 0 Å². The summed E-state index contributed by atoms with van der Waals surface area (Å²) in [6, 6.07) is 6.86. The first-order chi connectivity index (χ1) is 17.0. The lowest BCUT2D eigenvalue weighted by Crippen LogP contribution is -2.25. The number of hydrogen-bond acceptors (Lipinski definition) is 3. The molecule has 1 heterocycles. The van der Waals surface area contributed by atoms with Crippen LogP contribution in [0.15, 0.2) is 36.4 Å². The van der Waals surface area contributed by atoms with Gasteiger partial charge >= 0.3 is 6.18 Å². The van der Waals surface area contributed by atoms with Crippen molar-refractivity contribution in [3.63, 3.8) is 0 Å². The van der Waals surface area contributed by atoms with Crippen LogP contribution in [0.3, 0.4) is 0 Å². The Morgan fingerprint density at radius 1 is 1.03 bits per heavy atom. The van der Waals surface area contributed by atoms with Gasteiger partial charge in [-0.25, -0.2) is 8.78 Å². The number of carbonyl (C=O) groups is 1. The quantitative estimate of drug-likeness (QED) is 0.225. The third kappa shape index (κ3) is 5.80. The van der Waals surface area contributed by atoms with Crippen LogP contribution in [0.1, 0.15) is 52.5 Å². The van der Waals surface area contributed by atoms with E-state index in [1.54, 1.807) is 0 Å². The van der Waals surface area contributed by atoms with Gasteiger partial charge < -0.3 is 10.1 Å². The number of nitrogens with zero attached hydrogens (tertiary/aromatic N) is 2. The maximum absolute atomic E-state index is 13.7. The van der Waals surface area contributed by atoms with Crippen LogP contribution < -0.4 is 10.1 Å². The van der Waals surface area contributed by atoms with Crippen molar-refractivity contribution < 1.29 is 40.3 Å². The largest absolute Gasteiger partial charge is 0.483 e. The smallest absolute Gasteiger partial charge is 0.435 e. The molecule has 0 unspecified atom stereocenters. The van der Waals surface area contributed by atoms with Gasteiger partial charge in [-0.15, -0.1) is 0 Å². The minimum Gasteiger partial charge on any atom is -0.483 e. The van der Waals surface area contributed by atoms with Crippen molar-refractivity contribution in [1.82, 2.24) is 15.1 Å². The summed E-state index contributed by atoms with van der Waals surface area (Å²) in [6.45, 7) is -0.00326. The van der Waals surface area contributed by atoms with Crippen LogP contribution >= 0.6 is 0 Å². The molecule has 1 aliphatic carbocycles. The lowest BCUT2D eigenvalue weighted by atomic mass is 10.1. The average molecular weight is 515 g/mol. The Morgan fingerprint density at radius 2 is 1.67 bits per heavy atom. The number of benzene rings is 2. The first kappa shape index (κ1) is 25.5. The number of rotatable bonds is 9. The van der Waals surface area contributed by atoms with Gasteiger partial charge in [0, 0.05) is 36.3 Å². The second-order valence-corrected chi connectivity index (χ2v) is 8.34. The summed E-state index contributed by atoms with van der Waals surface area (Å²) in [5.41, 5.74) is 0.254. The van der Waals surface area contributed by atoms with Gasteiger partial charge in [-0.3, -0.25) is 9.48 Å². The fourth-order valence-corrected chi connectivity index (χ4v) is 3.58. The Morgan fingerprint density at radius 3 is 2.25 bits per heavy atom. The van der Waals surface area contributed by atoms with E-state index in [9.17, 15) is 35.5 Å². The normalized spacial score (nSPS) is 13.6. The maximum Gasteiger partial charge on any atom is 0.435 e. The summed E-state index contributed by atoms with van der Waals surface area (Å²) in [6.07, 6.45) is -2.51. The van der Waals surface area contributed by atoms with Crippen LogP contribution in [0, 0.1) is 23.3 Å². The highest BCUT2D eigenvalue weighted by atomic mass is 19.4. The molecule has 5 nitrogen and oxygen atoms in total. The highest BCUT2D eigenvalue weighted by Gasteiger charge is 2.37. The van der Waals surface area contributed by atoms with Crippen molar-refractivity contribution in [3.8, 4) is 5.75 Å². The molecule has 4 rings (SSSR count). The summed E-state index contributed by atoms with van der Waals surface area (Å²) in [5, 5.41) is 6.32. The molecule has 0 radical (unpaired) electrons. The van der Waals surface area contributed by atoms with Gasteiger partial charge in [0.15, 0.2) is 23.1 Å². The first-order valence-corrected chi connectivity index (χ1v) is 11.0. The molecule has 0 saturated heterocycles. The summed E-state index contributed by atoms with van der Waals surface area (Å²) in [4.78, 5) is 12.3. The molecule has 1 aliphatic rings. The molecule has 1 fully saturated rings. The number of alkyl halides is 3. The molecule has 0 spiro atoms. The van der Waals surface area contributed by atoms with Crippen molar-refractivity contribution in [1.29, 1.82) is 0 Å². The number of halogens is 7. The lowest BCUT2D eigenvalue weighted by molar-refractivity contribution is -0.141. The summed E-state index contributed by atoms with van der Waals surface area (Å²) in [5.74, 6) is -8.03. The van der Waals surface area contributed by atoms with Crippen LogP contribution in [0.2, 0.25) is 0 Å². The van der Waals surface area contributed by atoms with Gasteiger partial charge in [0.25, 0.3) is 5.91 Å². The monoisotopic (exact) mass is 515 g/mol. The second-order valence-electron chi connectivity index (χ2n) is 8.34. The summed E-state index contributed by atoms with van der Waals surface area (Å²) in [7, 11) is 0. The molecular formula is C24H20F7N3O2. The number of carbonyl (C=O) groups excluding carboxylic acids is 1. The van der Waals surface area contributed by atoms with Crippen molar-refractivity contribution in [2.45, 2.75) is 44.5 Å². The molecule has 12 heteroatoms. The van der Waals surface area contributed by atoms with Crippen LogP contribution in [-0.4, -0.2) is 22.2 Å². The van der Waals surface area contributed by atoms with Gasteiger partial charge in [0.05, 0.1) is 0 Å². The Hall–Kier alpha value is -3.57. The van der Waals surface area contributed by atoms with Gasteiger partial charge in [-0.1, -0.05) is 12.1 Å². The zero-order valence-corrected chi connectivity index (χ0v) is 18.6. The molecule has 2 aromatic carbocycles. The van der Waals surface area contributed by atoms with Crippen LogP contribution in [-0.2, 0) is 19.3 Å². The number of aromatic nitrogens is 2. The third-order valence-electron chi connectivity index (χ3n) is 5.60. The Kier molecular flexibility index (Phi) is 7.23. The molecule has 0 atom stereocenters. The highest BCUT2D eigenvalue weighted by Crippen LogP contribution is 2.42. The van der Waals surface area contributed by atoms with E-state index in [4.69, 9.17) is 4.74 Å². The van der Waals surface area contributed by atoms with E-state index in [0.717, 1.165) is 18.9 Å². The van der Waals surface area contributed by atoms with E-state index < -0.39 is 53.4 Å². The average Bonchev–Trinajstić information content (AvgIpc) is 3.58. The second kappa shape index (κ2) is 10.2. The number of hydrogen-bond donors (Lipinski definition) is 1. The van der Waals surface area contributed by atoms with E-state index in [1.807, 2.05) is 0 Å². The van der Waals surface area contributed by atoms with Crippen LogP contribution in [0.4, 0.5) is 30.7 Å². The zero-order chi connectivity index (χ0) is 26.0. The Balaban J connectivity index is 1.28. The summed E-state index contributed by atoms with van der Waals surface area (Å²) >= 11 is 0. The molecular weight excluding hydrogens is 495 g/mol. The fraction of sp³-hybridized carbons (Fsp3) is 0.333. The molecule has 0 aliphatic heterocycles. The molecule has 0 bridgehead atoms. The van der Waals surface area contributed by atoms with E-state index in [-0.39, 0.29) is 30.6 Å². The summed E-state index contributed by atoms with van der Waals surface area (Å²) < 4.78 is 99.0.